The molecule has 0 saturated heterocycles. The molecule has 1 fully saturated rings. The minimum absolute atomic E-state index is 0.458. The lowest BCUT2D eigenvalue weighted by Crippen LogP contribution is -2.44. The van der Waals surface area contributed by atoms with Crippen LogP contribution in [-0.2, 0) is 6.42 Å². The van der Waals surface area contributed by atoms with Gasteiger partial charge in [0.2, 0.25) is 0 Å². The van der Waals surface area contributed by atoms with E-state index in [1.807, 2.05) is 0 Å². The van der Waals surface area contributed by atoms with Crippen LogP contribution >= 0.6 is 0 Å². The third-order valence-corrected chi connectivity index (χ3v) is 4.69. The summed E-state index contributed by atoms with van der Waals surface area (Å²) in [7, 11) is 0. The normalized spacial score (nSPS) is 23.9. The number of nitrogens with two attached hydrogens (primary N) is 1. The summed E-state index contributed by atoms with van der Waals surface area (Å²) in [5.41, 5.74) is 7.50. The molecule has 108 valence electrons. The molecule has 1 aliphatic heterocycles. The minimum Gasteiger partial charge on any atom is -0.370 e. The highest BCUT2D eigenvalue weighted by Gasteiger charge is 2.28. The summed E-state index contributed by atoms with van der Waals surface area (Å²) in [6.45, 7) is 1.96. The van der Waals surface area contributed by atoms with Crippen LogP contribution in [0.2, 0.25) is 0 Å². The molecule has 2 aliphatic rings. The second-order valence-corrected chi connectivity index (χ2v) is 6.20. The molecule has 1 saturated carbocycles. The summed E-state index contributed by atoms with van der Waals surface area (Å²) in [5.74, 6) is 1.57. The molecule has 0 bridgehead atoms. The van der Waals surface area contributed by atoms with Gasteiger partial charge in [0.05, 0.1) is 12.6 Å². The van der Waals surface area contributed by atoms with E-state index in [0.29, 0.717) is 6.04 Å². The van der Waals surface area contributed by atoms with Gasteiger partial charge in [0.1, 0.15) is 0 Å². The SMILES string of the molecule is NC1=NC[C@H](Cc2ccccc2)N1CC1CCCCC1. The summed E-state index contributed by atoms with van der Waals surface area (Å²) >= 11 is 0. The smallest absolute Gasteiger partial charge is 0.191 e. The molecule has 0 unspecified atom stereocenters. The maximum absolute atomic E-state index is 6.12. The topological polar surface area (TPSA) is 41.6 Å². The third kappa shape index (κ3) is 3.14. The van der Waals surface area contributed by atoms with E-state index in [2.05, 4.69) is 40.2 Å². The van der Waals surface area contributed by atoms with Crippen LogP contribution in [0.25, 0.3) is 0 Å². The number of nitrogens with zero attached hydrogens (tertiary/aromatic N) is 2. The summed E-state index contributed by atoms with van der Waals surface area (Å²) in [6, 6.07) is 11.2. The van der Waals surface area contributed by atoms with Crippen molar-refractivity contribution >= 4 is 5.96 Å². The summed E-state index contributed by atoms with van der Waals surface area (Å²) in [5, 5.41) is 0. The molecule has 0 radical (unpaired) electrons. The van der Waals surface area contributed by atoms with E-state index in [-0.39, 0.29) is 0 Å². The fourth-order valence-electron chi connectivity index (χ4n) is 3.53. The molecule has 0 spiro atoms. The first-order valence-corrected chi connectivity index (χ1v) is 7.93. The Hall–Kier alpha value is -1.51. The molecule has 1 aromatic rings. The Morgan fingerprint density at radius 2 is 1.85 bits per heavy atom. The van der Waals surface area contributed by atoms with Crippen LogP contribution in [0.15, 0.2) is 35.3 Å². The Bertz CT molecular complexity index is 449. The van der Waals surface area contributed by atoms with Gasteiger partial charge in [-0.3, -0.25) is 4.99 Å². The zero-order valence-electron chi connectivity index (χ0n) is 12.2. The van der Waals surface area contributed by atoms with Gasteiger partial charge in [-0.15, -0.1) is 0 Å². The second kappa shape index (κ2) is 6.29. The maximum atomic E-state index is 6.12. The first-order valence-electron chi connectivity index (χ1n) is 7.93. The van der Waals surface area contributed by atoms with Crippen LogP contribution in [0.4, 0.5) is 0 Å². The Kier molecular flexibility index (Phi) is 4.24. The first-order chi connectivity index (χ1) is 9.83. The van der Waals surface area contributed by atoms with Gasteiger partial charge in [-0.25, -0.2) is 0 Å². The quantitative estimate of drug-likeness (QED) is 0.915. The fourth-order valence-corrected chi connectivity index (χ4v) is 3.53. The van der Waals surface area contributed by atoms with Crippen molar-refractivity contribution in [1.82, 2.24) is 4.90 Å². The van der Waals surface area contributed by atoms with Crippen LogP contribution in [0.1, 0.15) is 37.7 Å². The largest absolute Gasteiger partial charge is 0.370 e. The van der Waals surface area contributed by atoms with E-state index < -0.39 is 0 Å². The Balaban J connectivity index is 1.62. The molecule has 3 rings (SSSR count). The summed E-state index contributed by atoms with van der Waals surface area (Å²) in [4.78, 5) is 6.85. The molecule has 20 heavy (non-hydrogen) atoms. The van der Waals surface area contributed by atoms with Gasteiger partial charge in [0.25, 0.3) is 0 Å². The van der Waals surface area contributed by atoms with Crippen LogP contribution < -0.4 is 5.73 Å². The van der Waals surface area contributed by atoms with Crippen molar-refractivity contribution in [3.05, 3.63) is 35.9 Å². The molecule has 1 atom stereocenters. The van der Waals surface area contributed by atoms with Gasteiger partial charge in [-0.2, -0.15) is 0 Å². The van der Waals surface area contributed by atoms with Crippen molar-refractivity contribution in [2.75, 3.05) is 13.1 Å². The highest BCUT2D eigenvalue weighted by molar-refractivity contribution is 5.80. The first kappa shape index (κ1) is 13.5. The van der Waals surface area contributed by atoms with Crippen LogP contribution in [0, 0.1) is 5.92 Å². The van der Waals surface area contributed by atoms with Gasteiger partial charge in [0, 0.05) is 6.54 Å². The molecular formula is C17H25N3. The average Bonchev–Trinajstić information content (AvgIpc) is 2.83. The molecule has 1 aliphatic carbocycles. The van der Waals surface area contributed by atoms with Gasteiger partial charge in [0.15, 0.2) is 5.96 Å². The fraction of sp³-hybridized carbons (Fsp3) is 0.588. The van der Waals surface area contributed by atoms with Crippen molar-refractivity contribution in [3.8, 4) is 0 Å². The number of rotatable bonds is 4. The van der Waals surface area contributed by atoms with Gasteiger partial charge >= 0.3 is 0 Å². The molecular weight excluding hydrogens is 246 g/mol. The van der Waals surface area contributed by atoms with Crippen molar-refractivity contribution in [1.29, 1.82) is 0 Å². The highest BCUT2D eigenvalue weighted by Crippen LogP contribution is 2.26. The van der Waals surface area contributed by atoms with E-state index >= 15 is 0 Å². The van der Waals surface area contributed by atoms with E-state index in [9.17, 15) is 0 Å². The zero-order valence-corrected chi connectivity index (χ0v) is 12.2. The Labute approximate surface area is 121 Å². The lowest BCUT2D eigenvalue weighted by molar-refractivity contribution is 0.242. The minimum atomic E-state index is 0.458. The number of benzene rings is 1. The van der Waals surface area contributed by atoms with Gasteiger partial charge < -0.3 is 10.6 Å². The summed E-state index contributed by atoms with van der Waals surface area (Å²) in [6.07, 6.45) is 7.97. The van der Waals surface area contributed by atoms with Crippen molar-refractivity contribution in [2.45, 2.75) is 44.6 Å². The van der Waals surface area contributed by atoms with E-state index in [1.165, 1.54) is 37.7 Å². The van der Waals surface area contributed by atoms with E-state index in [1.54, 1.807) is 0 Å². The Morgan fingerprint density at radius 1 is 1.10 bits per heavy atom. The van der Waals surface area contributed by atoms with Crippen LogP contribution in [-0.4, -0.2) is 30.0 Å². The highest BCUT2D eigenvalue weighted by atomic mass is 15.3. The maximum Gasteiger partial charge on any atom is 0.191 e. The zero-order chi connectivity index (χ0) is 13.8. The van der Waals surface area contributed by atoms with E-state index in [0.717, 1.165) is 31.4 Å². The number of guanidine groups is 1. The van der Waals surface area contributed by atoms with Crippen LogP contribution in [0.3, 0.4) is 0 Å². The number of hydrogen-bond donors (Lipinski definition) is 1. The van der Waals surface area contributed by atoms with Crippen molar-refractivity contribution in [3.63, 3.8) is 0 Å². The van der Waals surface area contributed by atoms with Gasteiger partial charge in [-0.05, 0) is 30.7 Å². The predicted molar refractivity (Wildman–Crippen MR) is 83.7 cm³/mol. The Morgan fingerprint density at radius 3 is 2.60 bits per heavy atom. The lowest BCUT2D eigenvalue weighted by atomic mass is 9.88. The molecule has 2 N–H and O–H groups in total. The number of aliphatic imine (C=N–C) groups is 1. The van der Waals surface area contributed by atoms with Gasteiger partial charge in [-0.1, -0.05) is 49.6 Å². The number of hydrogen-bond acceptors (Lipinski definition) is 3. The molecule has 0 aromatic heterocycles. The standard InChI is InChI=1S/C17H25N3/c18-17-19-12-16(11-14-7-3-1-4-8-14)20(17)13-15-9-5-2-6-10-15/h1,3-4,7-8,15-16H,2,5-6,9-13H2,(H2,18,19)/t16-/m0/s1. The molecule has 3 heteroatoms. The lowest BCUT2D eigenvalue weighted by Gasteiger charge is -2.32. The summed E-state index contributed by atoms with van der Waals surface area (Å²) < 4.78 is 0. The monoisotopic (exact) mass is 271 g/mol. The van der Waals surface area contributed by atoms with Crippen LogP contribution in [0.5, 0.6) is 0 Å². The molecule has 3 nitrogen and oxygen atoms in total. The molecule has 1 aromatic carbocycles. The van der Waals surface area contributed by atoms with Crippen molar-refractivity contribution < 1.29 is 0 Å². The second-order valence-electron chi connectivity index (χ2n) is 6.20. The average molecular weight is 271 g/mol. The molecule has 1 heterocycles. The molecule has 0 amide bonds. The van der Waals surface area contributed by atoms with Crippen molar-refractivity contribution in [2.24, 2.45) is 16.6 Å². The predicted octanol–water partition coefficient (Wildman–Crippen LogP) is 2.81. The third-order valence-electron chi connectivity index (χ3n) is 4.69. The van der Waals surface area contributed by atoms with E-state index in [4.69, 9.17) is 5.73 Å².